The Kier molecular flexibility index (Phi) is 4.32. The smallest absolute Gasteiger partial charge is 0.271 e. The van der Waals surface area contributed by atoms with Crippen molar-refractivity contribution in [2.45, 2.75) is 43.2 Å². The first-order valence-electron chi connectivity index (χ1n) is 8.46. The predicted molar refractivity (Wildman–Crippen MR) is 101 cm³/mol. The summed E-state index contributed by atoms with van der Waals surface area (Å²) in [5, 5.41) is 8.17. The molecule has 0 bridgehead atoms. The Morgan fingerprint density at radius 2 is 1.92 bits per heavy atom. The zero-order chi connectivity index (χ0) is 18.3. The van der Waals surface area contributed by atoms with Gasteiger partial charge in [0.1, 0.15) is 4.21 Å². The molecule has 26 heavy (non-hydrogen) atoms. The Morgan fingerprint density at radius 1 is 1.12 bits per heavy atom. The van der Waals surface area contributed by atoms with Crippen molar-refractivity contribution >= 4 is 27.0 Å². The van der Waals surface area contributed by atoms with Crippen LogP contribution < -0.4 is 4.72 Å². The first kappa shape index (κ1) is 17.2. The van der Waals surface area contributed by atoms with Crippen LogP contribution in [0.3, 0.4) is 0 Å². The fourth-order valence-electron chi connectivity index (χ4n) is 2.74. The van der Waals surface area contributed by atoms with Gasteiger partial charge in [-0.3, -0.25) is 4.72 Å². The van der Waals surface area contributed by atoms with Gasteiger partial charge in [0.05, 0.1) is 4.88 Å². The van der Waals surface area contributed by atoms with Crippen molar-refractivity contribution in [2.24, 2.45) is 0 Å². The highest BCUT2D eigenvalue weighted by Crippen LogP contribution is 2.38. The van der Waals surface area contributed by atoms with Crippen LogP contribution in [-0.4, -0.2) is 18.6 Å². The minimum Gasteiger partial charge on any atom is -0.420 e. The second-order valence-electron chi connectivity index (χ2n) is 6.60. The van der Waals surface area contributed by atoms with Crippen molar-refractivity contribution in [1.82, 2.24) is 10.2 Å². The van der Waals surface area contributed by atoms with Gasteiger partial charge in [-0.2, -0.15) is 0 Å². The number of anilines is 1. The maximum Gasteiger partial charge on any atom is 0.271 e. The van der Waals surface area contributed by atoms with E-state index >= 15 is 0 Å². The number of hydrogen-bond donors (Lipinski definition) is 1. The van der Waals surface area contributed by atoms with Crippen LogP contribution in [0.2, 0.25) is 0 Å². The summed E-state index contributed by atoms with van der Waals surface area (Å²) in [5.41, 5.74) is 2.70. The van der Waals surface area contributed by atoms with Crippen molar-refractivity contribution in [3.05, 3.63) is 47.3 Å². The fourth-order valence-corrected chi connectivity index (χ4v) is 5.02. The topological polar surface area (TPSA) is 85.1 Å². The SMILES string of the molecule is Cc1ccc(NS(=O)(=O)c2ccc(-c3nnc(C4CCC4)o3)s2)cc1C. The van der Waals surface area contributed by atoms with Gasteiger partial charge >= 0.3 is 0 Å². The van der Waals surface area contributed by atoms with Crippen LogP contribution in [0.1, 0.15) is 42.2 Å². The second kappa shape index (κ2) is 6.51. The lowest BCUT2D eigenvalue weighted by Crippen LogP contribution is -2.11. The number of hydrogen-bond acceptors (Lipinski definition) is 6. The number of rotatable bonds is 5. The lowest BCUT2D eigenvalue weighted by Gasteiger charge is -2.20. The number of nitrogens with one attached hydrogen (secondary N) is 1. The third-order valence-corrected chi connectivity index (χ3v) is 7.66. The predicted octanol–water partition coefficient (Wildman–Crippen LogP) is 4.48. The molecular formula is C18H19N3O3S2. The molecule has 0 atom stereocenters. The third kappa shape index (κ3) is 3.26. The monoisotopic (exact) mass is 389 g/mol. The standard InChI is InChI=1S/C18H19N3O3S2/c1-11-6-7-14(10-12(11)2)21-26(22,23)16-9-8-15(25-16)18-20-19-17(24-18)13-4-3-5-13/h6-10,13,21H,3-5H2,1-2H3. The zero-order valence-electron chi connectivity index (χ0n) is 14.5. The molecule has 1 aromatic carbocycles. The molecule has 1 N–H and O–H groups in total. The average Bonchev–Trinajstić information content (AvgIpc) is 3.18. The minimum absolute atomic E-state index is 0.217. The molecule has 1 aliphatic rings. The van der Waals surface area contributed by atoms with Crippen LogP contribution in [-0.2, 0) is 10.0 Å². The van der Waals surface area contributed by atoms with Crippen LogP contribution in [0.4, 0.5) is 5.69 Å². The molecule has 1 fully saturated rings. The van der Waals surface area contributed by atoms with Crippen molar-refractivity contribution in [3.63, 3.8) is 0 Å². The maximum absolute atomic E-state index is 12.6. The van der Waals surface area contributed by atoms with Gasteiger partial charge in [0.2, 0.25) is 5.89 Å². The first-order chi connectivity index (χ1) is 12.4. The molecule has 136 valence electrons. The van der Waals surface area contributed by atoms with Gasteiger partial charge in [-0.15, -0.1) is 21.5 Å². The van der Waals surface area contributed by atoms with Crippen LogP contribution in [0.5, 0.6) is 0 Å². The van der Waals surface area contributed by atoms with Crippen LogP contribution >= 0.6 is 11.3 Å². The Morgan fingerprint density at radius 3 is 2.62 bits per heavy atom. The van der Waals surface area contributed by atoms with Gasteiger partial charge < -0.3 is 4.42 Å². The van der Waals surface area contributed by atoms with Crippen LogP contribution in [0.15, 0.2) is 39.0 Å². The minimum atomic E-state index is -3.65. The lowest BCUT2D eigenvalue weighted by molar-refractivity contribution is 0.338. The number of aryl methyl sites for hydroxylation is 2. The average molecular weight is 390 g/mol. The summed E-state index contributed by atoms with van der Waals surface area (Å²) in [4.78, 5) is 0.656. The number of aromatic nitrogens is 2. The molecule has 3 aromatic rings. The van der Waals surface area contributed by atoms with E-state index in [-0.39, 0.29) is 4.21 Å². The van der Waals surface area contributed by atoms with E-state index < -0.39 is 10.0 Å². The van der Waals surface area contributed by atoms with Gasteiger partial charge in [-0.1, -0.05) is 12.5 Å². The highest BCUT2D eigenvalue weighted by Gasteiger charge is 2.26. The summed E-state index contributed by atoms with van der Waals surface area (Å²) < 4.78 is 33.8. The van der Waals surface area contributed by atoms with E-state index in [4.69, 9.17) is 4.42 Å². The molecular weight excluding hydrogens is 370 g/mol. The molecule has 2 heterocycles. The Hall–Kier alpha value is -2.19. The quantitative estimate of drug-likeness (QED) is 0.695. The molecule has 0 unspecified atom stereocenters. The van der Waals surface area contributed by atoms with E-state index in [1.54, 1.807) is 18.2 Å². The van der Waals surface area contributed by atoms with Crippen molar-refractivity contribution in [2.75, 3.05) is 4.72 Å². The lowest BCUT2D eigenvalue weighted by atomic mass is 9.85. The van der Waals surface area contributed by atoms with Crippen molar-refractivity contribution in [1.29, 1.82) is 0 Å². The summed E-state index contributed by atoms with van der Waals surface area (Å²) in [6.45, 7) is 3.94. The van der Waals surface area contributed by atoms with E-state index in [2.05, 4.69) is 14.9 Å². The van der Waals surface area contributed by atoms with Gasteiger partial charge in [0.25, 0.3) is 15.9 Å². The van der Waals surface area contributed by atoms with Crippen molar-refractivity contribution < 1.29 is 12.8 Å². The van der Waals surface area contributed by atoms with Crippen LogP contribution in [0, 0.1) is 13.8 Å². The molecule has 1 saturated carbocycles. The van der Waals surface area contributed by atoms with E-state index in [0.29, 0.717) is 28.3 Å². The molecule has 2 aromatic heterocycles. The molecule has 0 saturated heterocycles. The Labute approximate surface area is 156 Å². The van der Waals surface area contributed by atoms with E-state index in [1.807, 2.05) is 26.0 Å². The molecule has 0 radical (unpaired) electrons. The van der Waals surface area contributed by atoms with Gasteiger partial charge in [-0.05, 0) is 62.1 Å². The van der Waals surface area contributed by atoms with Gasteiger partial charge in [0.15, 0.2) is 0 Å². The Bertz CT molecular complexity index is 1050. The van der Waals surface area contributed by atoms with Gasteiger partial charge in [-0.25, -0.2) is 8.42 Å². The number of benzene rings is 1. The summed E-state index contributed by atoms with van der Waals surface area (Å²) in [6, 6.07) is 8.75. The summed E-state index contributed by atoms with van der Waals surface area (Å²) >= 11 is 1.12. The normalized spacial score (nSPS) is 15.0. The third-order valence-electron chi connectivity index (χ3n) is 4.71. The number of nitrogens with zero attached hydrogens (tertiary/aromatic N) is 2. The summed E-state index contributed by atoms with van der Waals surface area (Å²) in [5.74, 6) is 1.38. The molecule has 0 spiro atoms. The van der Waals surface area contributed by atoms with Gasteiger partial charge in [0, 0.05) is 11.6 Å². The van der Waals surface area contributed by atoms with Crippen molar-refractivity contribution in [3.8, 4) is 10.8 Å². The molecule has 6 nitrogen and oxygen atoms in total. The van der Waals surface area contributed by atoms with E-state index in [1.165, 1.54) is 6.42 Å². The summed E-state index contributed by atoms with van der Waals surface area (Å²) in [6.07, 6.45) is 3.34. The molecule has 1 aliphatic carbocycles. The second-order valence-corrected chi connectivity index (χ2v) is 9.59. The van der Waals surface area contributed by atoms with E-state index in [0.717, 1.165) is 35.3 Å². The first-order valence-corrected chi connectivity index (χ1v) is 10.8. The molecule has 0 aliphatic heterocycles. The molecule has 0 amide bonds. The van der Waals surface area contributed by atoms with E-state index in [9.17, 15) is 8.42 Å². The largest absolute Gasteiger partial charge is 0.420 e. The fraction of sp³-hybridized carbons (Fsp3) is 0.333. The zero-order valence-corrected chi connectivity index (χ0v) is 16.2. The number of sulfonamides is 1. The highest BCUT2D eigenvalue weighted by molar-refractivity contribution is 7.94. The van der Waals surface area contributed by atoms with Crippen LogP contribution in [0.25, 0.3) is 10.8 Å². The summed E-state index contributed by atoms with van der Waals surface area (Å²) in [7, 11) is -3.65. The number of thiophene rings is 1. The Balaban J connectivity index is 1.56. The maximum atomic E-state index is 12.6. The highest BCUT2D eigenvalue weighted by atomic mass is 32.2. The molecule has 8 heteroatoms. The molecule has 4 rings (SSSR count).